The molecule has 0 aromatic heterocycles. The van der Waals surface area contributed by atoms with E-state index < -0.39 is 0 Å². The van der Waals surface area contributed by atoms with Crippen LogP contribution in [0.5, 0.6) is 0 Å². The summed E-state index contributed by atoms with van der Waals surface area (Å²) in [6.07, 6.45) is 1.26. The van der Waals surface area contributed by atoms with Gasteiger partial charge in [-0.2, -0.15) is 0 Å². The minimum atomic E-state index is 0.125. The Labute approximate surface area is 85.9 Å². The summed E-state index contributed by atoms with van der Waals surface area (Å²) < 4.78 is 0. The Bertz CT molecular complexity index is 66.9. The van der Waals surface area contributed by atoms with Crippen molar-refractivity contribution >= 4 is 0 Å². The molecule has 0 amide bonds. The summed E-state index contributed by atoms with van der Waals surface area (Å²) >= 11 is 0.125. The van der Waals surface area contributed by atoms with Gasteiger partial charge in [0.25, 0.3) is 0 Å². The molecule has 0 unspecified atom stereocenters. The molecule has 0 bridgehead atoms. The van der Waals surface area contributed by atoms with Gasteiger partial charge in [-0.25, -0.2) is 0 Å². The maximum atomic E-state index is 2.31. The summed E-state index contributed by atoms with van der Waals surface area (Å²) in [4.78, 5) is 4.42. The molecule has 0 fully saturated rings. The molecule has 0 saturated carbocycles. The Morgan fingerprint density at radius 1 is 0.833 bits per heavy atom. The summed E-state index contributed by atoms with van der Waals surface area (Å²) in [5.41, 5.74) is 4.62. The van der Waals surface area contributed by atoms with E-state index in [0.717, 1.165) is 0 Å². The zero-order chi connectivity index (χ0) is 9.98. The van der Waals surface area contributed by atoms with Crippen LogP contribution in [0, 0.1) is 0 Å². The van der Waals surface area contributed by atoms with E-state index in [1.807, 2.05) is 0 Å². The zero-order valence-electron chi connectivity index (χ0n) is 9.72. The molecule has 0 radical (unpaired) electrons. The van der Waals surface area contributed by atoms with Crippen LogP contribution in [0.25, 0.3) is 0 Å². The van der Waals surface area contributed by atoms with Crippen molar-refractivity contribution in [3.63, 3.8) is 0 Å². The predicted molar refractivity (Wildman–Crippen MR) is 53.5 cm³/mol. The van der Waals surface area contributed by atoms with Crippen LogP contribution >= 0.6 is 0 Å². The molecule has 0 aliphatic rings. The molecular weight excluding hydrogens is 202 g/mol. The van der Waals surface area contributed by atoms with E-state index in [4.69, 9.17) is 0 Å². The molecule has 0 aromatic rings. The van der Waals surface area contributed by atoms with E-state index in [-0.39, 0.29) is 17.1 Å². The monoisotopic (exact) mass is 224 g/mol. The zero-order valence-corrected chi connectivity index (χ0v) is 12.7. The van der Waals surface area contributed by atoms with Gasteiger partial charge < -0.3 is 9.80 Å². The first kappa shape index (κ1) is 15.0. The topological polar surface area (TPSA) is 6.48 Å². The van der Waals surface area contributed by atoms with Crippen molar-refractivity contribution in [1.29, 1.82) is 0 Å². The van der Waals surface area contributed by atoms with Gasteiger partial charge in [0.15, 0.2) is 0 Å². The summed E-state index contributed by atoms with van der Waals surface area (Å²) in [7, 11) is 8.43. The molecule has 0 aromatic carbocycles. The van der Waals surface area contributed by atoms with Crippen LogP contribution in [0.1, 0.15) is 6.42 Å². The standard InChI is InChI=1S/C7H18N2.2CH3.Zn/c1-8(2)6-5-7-9(3)4;;;/h5-7H2,1-4H3;2*1H3;. The van der Waals surface area contributed by atoms with Gasteiger partial charge >= 0.3 is 28.2 Å². The number of rotatable bonds is 4. The van der Waals surface area contributed by atoms with Crippen molar-refractivity contribution in [2.24, 2.45) is 0 Å². The SMILES string of the molecule is CN(C)CCCN(C)C.[CH3][Zn][CH3]. The third-order valence-electron chi connectivity index (χ3n) is 1.21. The van der Waals surface area contributed by atoms with Crippen LogP contribution in [0.4, 0.5) is 0 Å². The molecule has 0 N–H and O–H groups in total. The van der Waals surface area contributed by atoms with Crippen LogP contribution in [0.15, 0.2) is 0 Å². The summed E-state index contributed by atoms with van der Waals surface area (Å²) in [5, 5.41) is 0. The van der Waals surface area contributed by atoms with Gasteiger partial charge in [-0.1, -0.05) is 0 Å². The van der Waals surface area contributed by atoms with Gasteiger partial charge in [0, 0.05) is 0 Å². The van der Waals surface area contributed by atoms with Crippen LogP contribution in [-0.2, 0) is 17.1 Å². The first-order valence-corrected chi connectivity index (χ1v) is 10.8. The van der Waals surface area contributed by atoms with Gasteiger partial charge in [-0.15, -0.1) is 0 Å². The van der Waals surface area contributed by atoms with Crippen molar-refractivity contribution in [2.45, 2.75) is 17.5 Å². The Morgan fingerprint density at radius 2 is 1.08 bits per heavy atom. The van der Waals surface area contributed by atoms with Gasteiger partial charge in [-0.05, 0) is 47.7 Å². The Hall–Kier alpha value is 0.543. The molecule has 0 heterocycles. The second kappa shape index (κ2) is 11.5. The summed E-state index contributed by atoms with van der Waals surface area (Å²) in [5.74, 6) is 0. The molecule has 0 aliphatic heterocycles. The van der Waals surface area contributed by atoms with E-state index in [2.05, 4.69) is 49.0 Å². The fraction of sp³-hybridized carbons (Fsp3) is 1.00. The minimum absolute atomic E-state index is 0.125. The third-order valence-corrected chi connectivity index (χ3v) is 1.21. The molecule has 0 aliphatic carbocycles. The van der Waals surface area contributed by atoms with E-state index in [1.54, 1.807) is 0 Å². The molecule has 2 nitrogen and oxygen atoms in total. The predicted octanol–water partition coefficient (Wildman–Crippen LogP) is 1.66. The van der Waals surface area contributed by atoms with E-state index in [1.165, 1.54) is 19.5 Å². The number of hydrogen-bond acceptors (Lipinski definition) is 2. The molecule has 0 atom stereocenters. The molecule has 72 valence electrons. The Kier molecular flexibility index (Phi) is 14.5. The van der Waals surface area contributed by atoms with Crippen molar-refractivity contribution in [1.82, 2.24) is 9.80 Å². The molecule has 0 spiro atoms. The van der Waals surface area contributed by atoms with Crippen molar-refractivity contribution in [2.75, 3.05) is 41.3 Å². The van der Waals surface area contributed by atoms with Crippen LogP contribution in [-0.4, -0.2) is 51.1 Å². The van der Waals surface area contributed by atoms with Gasteiger partial charge in [0.2, 0.25) is 0 Å². The van der Waals surface area contributed by atoms with E-state index in [0.29, 0.717) is 0 Å². The van der Waals surface area contributed by atoms with Crippen molar-refractivity contribution < 1.29 is 17.1 Å². The van der Waals surface area contributed by atoms with Crippen molar-refractivity contribution in [3.8, 4) is 0 Å². The Morgan fingerprint density at radius 3 is 1.25 bits per heavy atom. The molecule has 3 heteroatoms. The number of nitrogens with zero attached hydrogens (tertiary/aromatic N) is 2. The van der Waals surface area contributed by atoms with Gasteiger partial charge in [-0.3, -0.25) is 0 Å². The normalized spacial score (nSPS) is 9.33. The second-order valence-electron chi connectivity index (χ2n) is 3.67. The van der Waals surface area contributed by atoms with E-state index in [9.17, 15) is 0 Å². The maximum absolute atomic E-state index is 2.31. The molecular formula is C9H24N2Zn. The van der Waals surface area contributed by atoms with Crippen molar-refractivity contribution in [3.05, 3.63) is 0 Å². The fourth-order valence-electron chi connectivity index (χ4n) is 0.703. The number of hydrogen-bond donors (Lipinski definition) is 0. The Balaban J connectivity index is 0. The third kappa shape index (κ3) is 22.4. The summed E-state index contributed by atoms with van der Waals surface area (Å²) in [6.45, 7) is 2.39. The first-order valence-electron chi connectivity index (χ1n) is 4.84. The molecule has 0 rings (SSSR count). The first-order chi connectivity index (χ1) is 5.54. The molecule has 12 heavy (non-hydrogen) atoms. The fourth-order valence-corrected chi connectivity index (χ4v) is 0.703. The van der Waals surface area contributed by atoms with Crippen LogP contribution in [0.2, 0.25) is 11.0 Å². The molecule has 0 saturated heterocycles. The van der Waals surface area contributed by atoms with Gasteiger partial charge in [0.1, 0.15) is 0 Å². The van der Waals surface area contributed by atoms with Crippen LogP contribution < -0.4 is 0 Å². The van der Waals surface area contributed by atoms with E-state index >= 15 is 0 Å². The average Bonchev–Trinajstić information content (AvgIpc) is 1.87. The van der Waals surface area contributed by atoms with Crippen LogP contribution in [0.3, 0.4) is 0 Å². The van der Waals surface area contributed by atoms with Gasteiger partial charge in [0.05, 0.1) is 0 Å². The average molecular weight is 226 g/mol. The quantitative estimate of drug-likeness (QED) is 0.672. The second-order valence-corrected chi connectivity index (χ2v) is 6.63. The summed E-state index contributed by atoms with van der Waals surface area (Å²) in [6, 6.07) is 0.